The van der Waals surface area contributed by atoms with Crippen molar-refractivity contribution in [2.45, 2.75) is 39.2 Å². The van der Waals surface area contributed by atoms with Gasteiger partial charge in [0.15, 0.2) is 0 Å². The topological polar surface area (TPSA) is 24.9 Å². The summed E-state index contributed by atoms with van der Waals surface area (Å²) in [5.74, 6) is 0. The predicted octanol–water partition coefficient (Wildman–Crippen LogP) is 3.54. The van der Waals surface area contributed by atoms with Crippen LogP contribution in [0.25, 0.3) is 0 Å². The lowest BCUT2D eigenvalue weighted by molar-refractivity contribution is 0.491. The first-order valence-electron chi connectivity index (χ1n) is 7.45. The van der Waals surface area contributed by atoms with Gasteiger partial charge in [0.2, 0.25) is 0 Å². The molecular weight excluding hydrogens is 244 g/mol. The molecule has 0 aliphatic rings. The molecule has 0 saturated carbocycles. The fourth-order valence-electron chi connectivity index (χ4n) is 2.46. The summed E-state index contributed by atoms with van der Waals surface area (Å²) >= 11 is 0. The van der Waals surface area contributed by atoms with E-state index < -0.39 is 0 Å². The Morgan fingerprint density at radius 1 is 1.00 bits per heavy atom. The van der Waals surface area contributed by atoms with Crippen molar-refractivity contribution < 1.29 is 0 Å². The molecule has 1 heterocycles. The third kappa shape index (κ3) is 4.78. The summed E-state index contributed by atoms with van der Waals surface area (Å²) in [5, 5.41) is 3.60. The summed E-state index contributed by atoms with van der Waals surface area (Å²) in [6.07, 6.45) is 7.10. The van der Waals surface area contributed by atoms with Crippen LogP contribution in [0.3, 0.4) is 0 Å². The first-order valence-corrected chi connectivity index (χ1v) is 7.45. The monoisotopic (exact) mass is 268 g/mol. The second-order valence-corrected chi connectivity index (χ2v) is 5.34. The minimum atomic E-state index is 0.538. The van der Waals surface area contributed by atoms with Crippen LogP contribution in [0.1, 0.15) is 30.0 Å². The molecule has 0 aliphatic carbocycles. The van der Waals surface area contributed by atoms with E-state index in [1.54, 1.807) is 0 Å². The van der Waals surface area contributed by atoms with Gasteiger partial charge in [0, 0.05) is 18.4 Å². The molecule has 1 unspecified atom stereocenters. The van der Waals surface area contributed by atoms with Gasteiger partial charge < -0.3 is 5.32 Å². The molecule has 1 aromatic heterocycles. The molecular formula is C18H24N2. The van der Waals surface area contributed by atoms with E-state index in [-0.39, 0.29) is 0 Å². The zero-order chi connectivity index (χ0) is 14.2. The number of aryl methyl sites for hydroxylation is 2. The van der Waals surface area contributed by atoms with Crippen molar-refractivity contribution in [1.82, 2.24) is 10.3 Å². The smallest absolute Gasteiger partial charge is 0.0270 e. The van der Waals surface area contributed by atoms with Gasteiger partial charge in [-0.1, -0.05) is 36.8 Å². The standard InChI is InChI=1S/C18H24N2/c1-3-20-18(9-8-16-10-12-19-13-11-16)14-17-6-4-15(2)5-7-17/h4-7,10-13,18,20H,3,8-9,14H2,1-2H3. The van der Waals surface area contributed by atoms with E-state index in [0.717, 1.165) is 25.8 Å². The normalized spacial score (nSPS) is 12.3. The number of pyridine rings is 1. The molecule has 2 aromatic rings. The van der Waals surface area contributed by atoms with Gasteiger partial charge in [0.25, 0.3) is 0 Å². The third-order valence-electron chi connectivity index (χ3n) is 3.63. The molecule has 2 heteroatoms. The third-order valence-corrected chi connectivity index (χ3v) is 3.63. The largest absolute Gasteiger partial charge is 0.314 e. The Morgan fingerprint density at radius 2 is 1.70 bits per heavy atom. The molecule has 0 fully saturated rings. The second-order valence-electron chi connectivity index (χ2n) is 5.34. The van der Waals surface area contributed by atoms with Crippen LogP contribution >= 0.6 is 0 Å². The maximum Gasteiger partial charge on any atom is 0.0270 e. The molecule has 0 bridgehead atoms. The van der Waals surface area contributed by atoms with Crippen LogP contribution in [0.2, 0.25) is 0 Å². The van der Waals surface area contributed by atoms with Crippen LogP contribution < -0.4 is 5.32 Å². The first-order chi connectivity index (χ1) is 9.78. The maximum atomic E-state index is 4.07. The number of benzene rings is 1. The van der Waals surface area contributed by atoms with Crippen molar-refractivity contribution in [1.29, 1.82) is 0 Å². The number of aromatic nitrogens is 1. The zero-order valence-corrected chi connectivity index (χ0v) is 12.5. The lowest BCUT2D eigenvalue weighted by Gasteiger charge is -2.18. The van der Waals surface area contributed by atoms with E-state index in [4.69, 9.17) is 0 Å². The highest BCUT2D eigenvalue weighted by Crippen LogP contribution is 2.11. The zero-order valence-electron chi connectivity index (χ0n) is 12.5. The number of hydrogen-bond donors (Lipinski definition) is 1. The van der Waals surface area contributed by atoms with Gasteiger partial charge in [0.05, 0.1) is 0 Å². The van der Waals surface area contributed by atoms with E-state index >= 15 is 0 Å². The Bertz CT molecular complexity index is 491. The summed E-state index contributed by atoms with van der Waals surface area (Å²) < 4.78 is 0. The number of nitrogens with one attached hydrogen (secondary N) is 1. The molecule has 0 radical (unpaired) electrons. The molecule has 2 rings (SSSR count). The van der Waals surface area contributed by atoms with Crippen LogP contribution in [0.4, 0.5) is 0 Å². The molecule has 0 amide bonds. The first kappa shape index (κ1) is 14.7. The van der Waals surface area contributed by atoms with Crippen LogP contribution in [0.5, 0.6) is 0 Å². The quantitative estimate of drug-likeness (QED) is 0.830. The maximum absolute atomic E-state index is 4.07. The number of likely N-dealkylation sites (N-methyl/N-ethyl adjacent to an activating group) is 1. The highest BCUT2D eigenvalue weighted by molar-refractivity contribution is 5.22. The van der Waals surface area contributed by atoms with Gasteiger partial charge >= 0.3 is 0 Å². The number of hydrogen-bond acceptors (Lipinski definition) is 2. The predicted molar refractivity (Wildman–Crippen MR) is 84.9 cm³/mol. The minimum absolute atomic E-state index is 0.538. The summed E-state index contributed by atoms with van der Waals surface area (Å²) in [6.45, 7) is 5.33. The van der Waals surface area contributed by atoms with Crippen LogP contribution in [-0.2, 0) is 12.8 Å². The summed E-state index contributed by atoms with van der Waals surface area (Å²) in [4.78, 5) is 4.07. The van der Waals surface area contributed by atoms with Crippen molar-refractivity contribution in [3.05, 3.63) is 65.5 Å². The minimum Gasteiger partial charge on any atom is -0.314 e. The summed E-state index contributed by atoms with van der Waals surface area (Å²) in [7, 11) is 0. The van der Waals surface area contributed by atoms with Gasteiger partial charge in [-0.2, -0.15) is 0 Å². The Kier molecular flexibility index (Phi) is 5.75. The molecule has 1 aromatic carbocycles. The van der Waals surface area contributed by atoms with Gasteiger partial charge in [-0.25, -0.2) is 0 Å². The molecule has 20 heavy (non-hydrogen) atoms. The average molecular weight is 268 g/mol. The van der Waals surface area contributed by atoms with E-state index in [1.165, 1.54) is 16.7 Å². The van der Waals surface area contributed by atoms with Gasteiger partial charge in [0.1, 0.15) is 0 Å². The Balaban J connectivity index is 1.91. The molecule has 1 N–H and O–H groups in total. The Hall–Kier alpha value is -1.67. The summed E-state index contributed by atoms with van der Waals surface area (Å²) in [6, 6.07) is 13.6. The lowest BCUT2D eigenvalue weighted by atomic mass is 9.99. The van der Waals surface area contributed by atoms with Crippen LogP contribution in [0.15, 0.2) is 48.8 Å². The van der Waals surface area contributed by atoms with Gasteiger partial charge in [-0.15, -0.1) is 0 Å². The van der Waals surface area contributed by atoms with E-state index in [1.807, 2.05) is 12.4 Å². The van der Waals surface area contributed by atoms with E-state index in [2.05, 4.69) is 60.5 Å². The molecule has 1 atom stereocenters. The van der Waals surface area contributed by atoms with Crippen molar-refractivity contribution >= 4 is 0 Å². The number of rotatable bonds is 7. The SMILES string of the molecule is CCNC(CCc1ccncc1)Cc1ccc(C)cc1. The van der Waals surface area contributed by atoms with Crippen LogP contribution in [0, 0.1) is 6.92 Å². The second kappa shape index (κ2) is 7.81. The Morgan fingerprint density at radius 3 is 2.35 bits per heavy atom. The average Bonchev–Trinajstić information content (AvgIpc) is 2.48. The van der Waals surface area contributed by atoms with Crippen LogP contribution in [-0.4, -0.2) is 17.6 Å². The van der Waals surface area contributed by atoms with Gasteiger partial charge in [-0.05, 0) is 56.0 Å². The Labute approximate surface area is 122 Å². The molecule has 0 aliphatic heterocycles. The summed E-state index contributed by atoms with van der Waals surface area (Å²) in [5.41, 5.74) is 4.11. The highest BCUT2D eigenvalue weighted by atomic mass is 14.9. The fraction of sp³-hybridized carbons (Fsp3) is 0.389. The van der Waals surface area contributed by atoms with Crippen molar-refractivity contribution in [3.63, 3.8) is 0 Å². The molecule has 106 valence electrons. The lowest BCUT2D eigenvalue weighted by Crippen LogP contribution is -2.31. The van der Waals surface area contributed by atoms with E-state index in [9.17, 15) is 0 Å². The van der Waals surface area contributed by atoms with Crippen molar-refractivity contribution in [2.75, 3.05) is 6.54 Å². The molecule has 2 nitrogen and oxygen atoms in total. The van der Waals surface area contributed by atoms with Gasteiger partial charge in [-0.3, -0.25) is 4.98 Å². The van der Waals surface area contributed by atoms with Crippen molar-refractivity contribution in [3.8, 4) is 0 Å². The van der Waals surface area contributed by atoms with Crippen molar-refractivity contribution in [2.24, 2.45) is 0 Å². The molecule has 0 saturated heterocycles. The highest BCUT2D eigenvalue weighted by Gasteiger charge is 2.08. The fourth-order valence-corrected chi connectivity index (χ4v) is 2.46. The molecule has 0 spiro atoms. The number of nitrogens with zero attached hydrogens (tertiary/aromatic N) is 1. The van der Waals surface area contributed by atoms with E-state index in [0.29, 0.717) is 6.04 Å².